The summed E-state index contributed by atoms with van der Waals surface area (Å²) in [4.78, 5) is 4.43. The quantitative estimate of drug-likeness (QED) is 0.587. The summed E-state index contributed by atoms with van der Waals surface area (Å²) in [6.45, 7) is 13.2. The Bertz CT molecular complexity index is 265. The van der Waals surface area contributed by atoms with E-state index in [0.29, 0.717) is 6.67 Å². The number of nitrogens with zero attached hydrogens (tertiary/aromatic N) is 4. The second-order valence-corrected chi connectivity index (χ2v) is 5.59. The predicted octanol–water partition coefficient (Wildman–Crippen LogP) is 2.87. The lowest BCUT2D eigenvalue weighted by Crippen LogP contribution is -2.47. The van der Waals surface area contributed by atoms with Gasteiger partial charge < -0.3 is 0 Å². The Morgan fingerprint density at radius 2 is 1.64 bits per heavy atom. The minimum absolute atomic E-state index is 0.0206. The van der Waals surface area contributed by atoms with Gasteiger partial charge >= 0.3 is 0 Å². The van der Waals surface area contributed by atoms with Crippen molar-refractivity contribution in [1.82, 2.24) is 5.01 Å². The highest BCUT2D eigenvalue weighted by Gasteiger charge is 2.33. The van der Waals surface area contributed by atoms with Gasteiger partial charge in [-0.25, -0.2) is 10.0 Å². The molecule has 4 nitrogen and oxygen atoms in total. The van der Waals surface area contributed by atoms with E-state index in [2.05, 4.69) is 56.9 Å². The average molecular weight is 196 g/mol. The zero-order valence-corrected chi connectivity index (χ0v) is 10.00. The first-order valence-corrected chi connectivity index (χ1v) is 4.95. The molecule has 0 saturated carbocycles. The minimum atomic E-state index is -0.0595. The van der Waals surface area contributed by atoms with Gasteiger partial charge in [-0.15, -0.1) is 5.11 Å². The number of amidine groups is 1. The predicted molar refractivity (Wildman–Crippen MR) is 58.2 cm³/mol. The summed E-state index contributed by atoms with van der Waals surface area (Å²) in [6.07, 6.45) is 0. The zero-order valence-electron chi connectivity index (χ0n) is 10.00. The molecular weight excluding hydrogens is 176 g/mol. The van der Waals surface area contributed by atoms with Crippen LogP contribution in [0.5, 0.6) is 0 Å². The van der Waals surface area contributed by atoms with E-state index >= 15 is 0 Å². The van der Waals surface area contributed by atoms with E-state index in [9.17, 15) is 0 Å². The van der Waals surface area contributed by atoms with E-state index < -0.39 is 0 Å². The standard InChI is InChI=1S/C10H20N4/c1-9(2,3)8-11-7-12-13-14(8)10(4,5)6/h7H2,1-6H3. The Morgan fingerprint density at radius 3 is 2.00 bits per heavy atom. The summed E-state index contributed by atoms with van der Waals surface area (Å²) in [6, 6.07) is 0. The van der Waals surface area contributed by atoms with Crippen LogP contribution in [0.4, 0.5) is 0 Å². The third-order valence-corrected chi connectivity index (χ3v) is 1.94. The van der Waals surface area contributed by atoms with E-state index in [0.717, 1.165) is 5.84 Å². The lowest BCUT2D eigenvalue weighted by Gasteiger charge is -2.38. The van der Waals surface area contributed by atoms with Crippen molar-refractivity contribution in [2.75, 3.05) is 6.67 Å². The summed E-state index contributed by atoms with van der Waals surface area (Å²) in [7, 11) is 0. The van der Waals surface area contributed by atoms with Gasteiger partial charge in [0.25, 0.3) is 0 Å². The van der Waals surface area contributed by atoms with Gasteiger partial charge in [-0.1, -0.05) is 26.0 Å². The summed E-state index contributed by atoms with van der Waals surface area (Å²) >= 11 is 0. The smallest absolute Gasteiger partial charge is 0.154 e. The number of hydrogen-bond acceptors (Lipinski definition) is 4. The maximum atomic E-state index is 4.43. The molecule has 14 heavy (non-hydrogen) atoms. The first kappa shape index (κ1) is 11.1. The van der Waals surface area contributed by atoms with Crippen molar-refractivity contribution < 1.29 is 0 Å². The van der Waals surface area contributed by atoms with Gasteiger partial charge in [-0.05, 0) is 20.8 Å². The highest BCUT2D eigenvalue weighted by atomic mass is 15.6. The highest BCUT2D eigenvalue weighted by Crippen LogP contribution is 2.27. The van der Waals surface area contributed by atoms with Crippen molar-refractivity contribution >= 4 is 5.84 Å². The van der Waals surface area contributed by atoms with Crippen LogP contribution < -0.4 is 0 Å². The largest absolute Gasteiger partial charge is 0.245 e. The molecule has 0 saturated heterocycles. The molecule has 1 rings (SSSR count). The molecule has 0 aliphatic carbocycles. The Balaban J connectivity index is 2.99. The lowest BCUT2D eigenvalue weighted by molar-refractivity contribution is 0.202. The first-order chi connectivity index (χ1) is 6.23. The molecule has 0 aromatic rings. The fourth-order valence-corrected chi connectivity index (χ4v) is 1.31. The molecule has 1 aliphatic heterocycles. The molecule has 1 aliphatic rings. The van der Waals surface area contributed by atoms with Crippen molar-refractivity contribution in [3.8, 4) is 0 Å². The third-order valence-electron chi connectivity index (χ3n) is 1.94. The first-order valence-electron chi connectivity index (χ1n) is 4.95. The van der Waals surface area contributed by atoms with Gasteiger partial charge in [0.2, 0.25) is 0 Å². The van der Waals surface area contributed by atoms with Crippen LogP contribution in [0.1, 0.15) is 41.5 Å². The molecule has 4 heteroatoms. The molecule has 0 unspecified atom stereocenters. The monoisotopic (exact) mass is 196 g/mol. The molecule has 0 aromatic carbocycles. The van der Waals surface area contributed by atoms with Crippen LogP contribution in [0, 0.1) is 5.41 Å². The zero-order chi connectivity index (χ0) is 11.0. The summed E-state index contributed by atoms with van der Waals surface area (Å²) < 4.78 is 0. The molecule has 0 aromatic heterocycles. The van der Waals surface area contributed by atoms with Gasteiger partial charge in [-0.3, -0.25) is 0 Å². The van der Waals surface area contributed by atoms with Crippen LogP contribution in [0.3, 0.4) is 0 Å². The second-order valence-electron chi connectivity index (χ2n) is 5.59. The Labute approximate surface area is 86.1 Å². The molecular formula is C10H20N4. The van der Waals surface area contributed by atoms with E-state index in [4.69, 9.17) is 0 Å². The van der Waals surface area contributed by atoms with E-state index in [1.165, 1.54) is 0 Å². The molecule has 0 atom stereocenters. The van der Waals surface area contributed by atoms with Crippen LogP contribution in [0.2, 0.25) is 0 Å². The van der Waals surface area contributed by atoms with Crippen molar-refractivity contribution in [3.63, 3.8) is 0 Å². The van der Waals surface area contributed by atoms with Gasteiger partial charge in [-0.2, -0.15) is 0 Å². The van der Waals surface area contributed by atoms with Crippen LogP contribution >= 0.6 is 0 Å². The molecule has 0 N–H and O–H groups in total. The van der Waals surface area contributed by atoms with Crippen LogP contribution in [0.25, 0.3) is 0 Å². The molecule has 0 bridgehead atoms. The maximum absolute atomic E-state index is 4.43. The molecule has 0 amide bonds. The van der Waals surface area contributed by atoms with Gasteiger partial charge in [0.1, 0.15) is 5.84 Å². The van der Waals surface area contributed by atoms with Crippen LogP contribution in [-0.2, 0) is 0 Å². The van der Waals surface area contributed by atoms with Crippen LogP contribution in [-0.4, -0.2) is 23.1 Å². The summed E-state index contributed by atoms with van der Waals surface area (Å²) in [5.41, 5.74) is -0.0389. The SMILES string of the molecule is CC(C)(C)C1=NCN=NN1C(C)(C)C. The van der Waals surface area contributed by atoms with Gasteiger partial charge in [0, 0.05) is 5.41 Å². The average Bonchev–Trinajstić information content (AvgIpc) is 2.01. The van der Waals surface area contributed by atoms with E-state index in [1.54, 1.807) is 0 Å². The second kappa shape index (κ2) is 3.33. The van der Waals surface area contributed by atoms with Gasteiger partial charge in [0.15, 0.2) is 6.67 Å². The molecule has 1 heterocycles. The van der Waals surface area contributed by atoms with Crippen molar-refractivity contribution in [2.45, 2.75) is 47.1 Å². The minimum Gasteiger partial charge on any atom is -0.245 e. The molecule has 0 radical (unpaired) electrons. The fourth-order valence-electron chi connectivity index (χ4n) is 1.31. The number of hydrogen-bond donors (Lipinski definition) is 0. The van der Waals surface area contributed by atoms with E-state index in [-0.39, 0.29) is 11.0 Å². The number of aliphatic imine (C=N–C) groups is 1. The highest BCUT2D eigenvalue weighted by molar-refractivity contribution is 5.87. The van der Waals surface area contributed by atoms with Gasteiger partial charge in [0.05, 0.1) is 5.54 Å². The summed E-state index contributed by atoms with van der Waals surface area (Å²) in [5, 5.41) is 10.0. The van der Waals surface area contributed by atoms with Crippen molar-refractivity contribution in [2.24, 2.45) is 20.7 Å². The van der Waals surface area contributed by atoms with Crippen molar-refractivity contribution in [1.29, 1.82) is 0 Å². The topological polar surface area (TPSA) is 40.3 Å². The molecule has 80 valence electrons. The molecule has 0 spiro atoms. The maximum Gasteiger partial charge on any atom is 0.154 e. The molecule has 0 fully saturated rings. The third kappa shape index (κ3) is 2.30. The Morgan fingerprint density at radius 1 is 1.07 bits per heavy atom. The lowest BCUT2D eigenvalue weighted by atomic mass is 9.92. The normalized spacial score (nSPS) is 18.4. The van der Waals surface area contributed by atoms with Crippen molar-refractivity contribution in [3.05, 3.63) is 0 Å². The van der Waals surface area contributed by atoms with E-state index in [1.807, 2.05) is 5.01 Å². The Kier molecular flexibility index (Phi) is 2.65. The number of rotatable bonds is 0. The Hall–Kier alpha value is -0.930. The fraction of sp³-hybridized carbons (Fsp3) is 0.900. The van der Waals surface area contributed by atoms with Crippen LogP contribution in [0.15, 0.2) is 15.3 Å². The summed E-state index contributed by atoms with van der Waals surface area (Å²) in [5.74, 6) is 1.01.